The van der Waals surface area contributed by atoms with E-state index in [1.54, 1.807) is 11.0 Å². The van der Waals surface area contributed by atoms with Crippen molar-refractivity contribution in [3.05, 3.63) is 30.2 Å². The molecule has 72 valence electrons. The summed E-state index contributed by atoms with van der Waals surface area (Å²) in [6, 6.07) is 3.98. The van der Waals surface area contributed by atoms with E-state index in [0.717, 1.165) is 23.5 Å². The van der Waals surface area contributed by atoms with Gasteiger partial charge in [-0.2, -0.15) is 15.0 Å². The Morgan fingerprint density at radius 3 is 2.71 bits per heavy atom. The average molecular weight is 188 g/mol. The lowest BCUT2D eigenvalue weighted by Gasteiger charge is -1.95. The van der Waals surface area contributed by atoms with Crippen LogP contribution in [0.25, 0.3) is 11.3 Å². The topological polar surface area (TPSA) is 43.6 Å². The Bertz CT molecular complexity index is 416. The molecule has 0 aliphatic rings. The maximum absolute atomic E-state index is 4.29. The number of nitrogens with zero attached hydrogens (tertiary/aromatic N) is 4. The Hall–Kier alpha value is -1.71. The van der Waals surface area contributed by atoms with Crippen molar-refractivity contribution in [2.45, 2.75) is 20.4 Å². The van der Waals surface area contributed by atoms with Crippen molar-refractivity contribution >= 4 is 0 Å². The molecule has 0 spiro atoms. The molecular weight excluding hydrogens is 176 g/mol. The van der Waals surface area contributed by atoms with Crippen LogP contribution in [0.3, 0.4) is 0 Å². The Kier molecular flexibility index (Phi) is 2.26. The van der Waals surface area contributed by atoms with Gasteiger partial charge in [-0.05, 0) is 26.0 Å². The van der Waals surface area contributed by atoms with Gasteiger partial charge >= 0.3 is 0 Å². The van der Waals surface area contributed by atoms with Crippen molar-refractivity contribution in [1.29, 1.82) is 0 Å². The molecule has 2 aromatic heterocycles. The molecule has 0 N–H and O–H groups in total. The van der Waals surface area contributed by atoms with E-state index in [4.69, 9.17) is 0 Å². The first-order valence-corrected chi connectivity index (χ1v) is 4.62. The zero-order valence-electron chi connectivity index (χ0n) is 8.31. The minimum Gasteiger partial charge on any atom is -0.261 e. The smallest absolute Gasteiger partial charge is 0.114 e. The summed E-state index contributed by atoms with van der Waals surface area (Å²) in [4.78, 5) is 5.88. The standard InChI is InChI=1S/C10H12N4/c1-3-14-12-7-10(13-14)9-5-4-8(2)11-6-9/h4-7H,3H2,1-2H3. The fraction of sp³-hybridized carbons (Fsp3) is 0.300. The van der Waals surface area contributed by atoms with Crippen molar-refractivity contribution in [3.63, 3.8) is 0 Å². The van der Waals surface area contributed by atoms with Gasteiger partial charge in [0.1, 0.15) is 5.69 Å². The molecule has 0 amide bonds. The molecule has 2 heterocycles. The zero-order valence-corrected chi connectivity index (χ0v) is 8.31. The van der Waals surface area contributed by atoms with E-state index in [1.165, 1.54) is 0 Å². The molecule has 0 atom stereocenters. The number of hydrogen-bond acceptors (Lipinski definition) is 3. The van der Waals surface area contributed by atoms with Crippen LogP contribution < -0.4 is 0 Å². The van der Waals surface area contributed by atoms with Crippen LogP contribution in [0.2, 0.25) is 0 Å². The molecule has 14 heavy (non-hydrogen) atoms. The minimum absolute atomic E-state index is 0.791. The molecule has 0 radical (unpaired) electrons. The number of pyridine rings is 1. The summed E-state index contributed by atoms with van der Waals surface area (Å²) in [6.07, 6.45) is 3.58. The summed E-state index contributed by atoms with van der Waals surface area (Å²) in [6.45, 7) is 4.77. The Morgan fingerprint density at radius 1 is 1.29 bits per heavy atom. The summed E-state index contributed by atoms with van der Waals surface area (Å²) in [5.74, 6) is 0. The Morgan fingerprint density at radius 2 is 2.14 bits per heavy atom. The quantitative estimate of drug-likeness (QED) is 0.720. The van der Waals surface area contributed by atoms with Crippen molar-refractivity contribution in [2.24, 2.45) is 0 Å². The highest BCUT2D eigenvalue weighted by molar-refractivity contribution is 5.55. The number of aromatic nitrogens is 4. The van der Waals surface area contributed by atoms with Gasteiger partial charge in [0, 0.05) is 17.5 Å². The van der Waals surface area contributed by atoms with Gasteiger partial charge in [-0.3, -0.25) is 4.98 Å². The highest BCUT2D eigenvalue weighted by Crippen LogP contribution is 2.14. The van der Waals surface area contributed by atoms with Crippen LogP contribution in [0.5, 0.6) is 0 Å². The Balaban J connectivity index is 2.34. The molecule has 0 fully saturated rings. The highest BCUT2D eigenvalue weighted by Gasteiger charge is 2.02. The summed E-state index contributed by atoms with van der Waals surface area (Å²) in [7, 11) is 0. The lowest BCUT2D eigenvalue weighted by atomic mass is 10.2. The summed E-state index contributed by atoms with van der Waals surface area (Å²) < 4.78 is 0. The predicted octanol–water partition coefficient (Wildman–Crippen LogP) is 1.67. The maximum Gasteiger partial charge on any atom is 0.114 e. The van der Waals surface area contributed by atoms with Gasteiger partial charge < -0.3 is 0 Å². The molecule has 0 bridgehead atoms. The van der Waals surface area contributed by atoms with Gasteiger partial charge in [-0.1, -0.05) is 0 Å². The number of rotatable bonds is 2. The molecule has 2 rings (SSSR count). The monoisotopic (exact) mass is 188 g/mol. The molecular formula is C10H12N4. The highest BCUT2D eigenvalue weighted by atomic mass is 15.5. The molecule has 0 aliphatic heterocycles. The first-order valence-electron chi connectivity index (χ1n) is 4.62. The third kappa shape index (κ3) is 1.64. The molecule has 0 saturated heterocycles. The molecule has 0 aromatic carbocycles. The second-order valence-electron chi connectivity index (χ2n) is 3.11. The molecule has 0 aliphatic carbocycles. The number of aryl methyl sites for hydroxylation is 2. The second kappa shape index (κ2) is 3.57. The normalized spacial score (nSPS) is 10.4. The molecule has 0 unspecified atom stereocenters. The lowest BCUT2D eigenvalue weighted by molar-refractivity contribution is 0.571. The van der Waals surface area contributed by atoms with Crippen molar-refractivity contribution < 1.29 is 0 Å². The Labute approximate surface area is 82.6 Å². The van der Waals surface area contributed by atoms with E-state index < -0.39 is 0 Å². The van der Waals surface area contributed by atoms with Crippen LogP contribution in [-0.2, 0) is 6.54 Å². The van der Waals surface area contributed by atoms with E-state index in [2.05, 4.69) is 15.2 Å². The largest absolute Gasteiger partial charge is 0.261 e. The van der Waals surface area contributed by atoms with Crippen LogP contribution in [-0.4, -0.2) is 20.0 Å². The fourth-order valence-corrected chi connectivity index (χ4v) is 1.20. The van der Waals surface area contributed by atoms with Crippen LogP contribution in [0, 0.1) is 6.92 Å². The average Bonchev–Trinajstić information content (AvgIpc) is 2.67. The van der Waals surface area contributed by atoms with Crippen LogP contribution in [0.15, 0.2) is 24.5 Å². The van der Waals surface area contributed by atoms with Crippen LogP contribution in [0.1, 0.15) is 12.6 Å². The van der Waals surface area contributed by atoms with E-state index >= 15 is 0 Å². The van der Waals surface area contributed by atoms with E-state index in [0.29, 0.717) is 0 Å². The van der Waals surface area contributed by atoms with Crippen molar-refractivity contribution in [3.8, 4) is 11.3 Å². The lowest BCUT2D eigenvalue weighted by Crippen LogP contribution is -1.98. The van der Waals surface area contributed by atoms with Crippen LogP contribution in [0.4, 0.5) is 0 Å². The summed E-state index contributed by atoms with van der Waals surface area (Å²) in [5.41, 5.74) is 2.89. The van der Waals surface area contributed by atoms with Crippen molar-refractivity contribution in [1.82, 2.24) is 20.0 Å². The van der Waals surface area contributed by atoms with Gasteiger partial charge in [0.2, 0.25) is 0 Å². The van der Waals surface area contributed by atoms with Gasteiger partial charge in [0.25, 0.3) is 0 Å². The third-order valence-corrected chi connectivity index (χ3v) is 2.03. The molecule has 2 aromatic rings. The van der Waals surface area contributed by atoms with E-state index in [-0.39, 0.29) is 0 Å². The molecule has 0 saturated carbocycles. The zero-order chi connectivity index (χ0) is 9.97. The van der Waals surface area contributed by atoms with Gasteiger partial charge in [-0.15, -0.1) is 0 Å². The number of hydrogen-bond donors (Lipinski definition) is 0. The van der Waals surface area contributed by atoms with Crippen molar-refractivity contribution in [2.75, 3.05) is 0 Å². The predicted molar refractivity (Wildman–Crippen MR) is 53.7 cm³/mol. The summed E-state index contributed by atoms with van der Waals surface area (Å²) in [5, 5.41) is 8.41. The molecule has 4 nitrogen and oxygen atoms in total. The summed E-state index contributed by atoms with van der Waals surface area (Å²) >= 11 is 0. The first-order chi connectivity index (χ1) is 6.79. The first kappa shape index (κ1) is 8.87. The van der Waals surface area contributed by atoms with Gasteiger partial charge in [0.05, 0.1) is 12.7 Å². The SMILES string of the molecule is CCn1ncc(-c2ccc(C)nc2)n1. The van der Waals surface area contributed by atoms with Crippen LogP contribution >= 0.6 is 0 Å². The second-order valence-corrected chi connectivity index (χ2v) is 3.11. The third-order valence-electron chi connectivity index (χ3n) is 2.03. The van der Waals surface area contributed by atoms with E-state index in [1.807, 2.05) is 32.2 Å². The maximum atomic E-state index is 4.29. The van der Waals surface area contributed by atoms with Gasteiger partial charge in [-0.25, -0.2) is 0 Å². The fourth-order valence-electron chi connectivity index (χ4n) is 1.20. The minimum atomic E-state index is 0.791. The molecule has 4 heteroatoms. The van der Waals surface area contributed by atoms with E-state index in [9.17, 15) is 0 Å². The van der Waals surface area contributed by atoms with Gasteiger partial charge in [0.15, 0.2) is 0 Å².